The second kappa shape index (κ2) is 11.4. The van der Waals surface area contributed by atoms with Crippen molar-refractivity contribution in [2.75, 3.05) is 26.7 Å². The number of rotatable bonds is 7. The molecular weight excluding hydrogens is 374 g/mol. The summed E-state index contributed by atoms with van der Waals surface area (Å²) in [6.07, 6.45) is 2.20. The maximum absolute atomic E-state index is 11.8. The molecule has 3 N–H and O–H groups in total. The van der Waals surface area contributed by atoms with Crippen molar-refractivity contribution in [2.45, 2.75) is 38.9 Å². The molecule has 1 saturated heterocycles. The maximum atomic E-state index is 11.8. The van der Waals surface area contributed by atoms with Gasteiger partial charge in [-0.2, -0.15) is 0 Å². The van der Waals surface area contributed by atoms with Gasteiger partial charge in [0, 0.05) is 44.8 Å². The van der Waals surface area contributed by atoms with E-state index in [1.54, 1.807) is 7.05 Å². The number of likely N-dealkylation sites (tertiary alicyclic amines) is 1. The molecule has 2 aromatic carbocycles. The van der Waals surface area contributed by atoms with Crippen molar-refractivity contribution in [3.8, 4) is 0 Å². The Hall–Kier alpha value is -2.86. The van der Waals surface area contributed by atoms with Crippen molar-refractivity contribution < 1.29 is 4.79 Å². The van der Waals surface area contributed by atoms with E-state index in [0.717, 1.165) is 50.5 Å². The van der Waals surface area contributed by atoms with Crippen molar-refractivity contribution >= 4 is 11.9 Å². The van der Waals surface area contributed by atoms with Crippen molar-refractivity contribution in [1.29, 1.82) is 0 Å². The van der Waals surface area contributed by atoms with Crippen molar-refractivity contribution in [3.63, 3.8) is 0 Å². The molecule has 30 heavy (non-hydrogen) atoms. The Morgan fingerprint density at radius 3 is 2.50 bits per heavy atom. The number of nitrogens with zero attached hydrogens (tertiary/aromatic N) is 2. The Morgan fingerprint density at radius 1 is 1.07 bits per heavy atom. The average Bonchev–Trinajstić information content (AvgIpc) is 2.79. The number of aliphatic imine (C=N–C) groups is 1. The van der Waals surface area contributed by atoms with E-state index in [-0.39, 0.29) is 5.91 Å². The Balaban J connectivity index is 1.52. The second-order valence-electron chi connectivity index (χ2n) is 7.66. The molecule has 0 spiro atoms. The fourth-order valence-electron chi connectivity index (χ4n) is 3.72. The van der Waals surface area contributed by atoms with E-state index in [9.17, 15) is 4.79 Å². The van der Waals surface area contributed by atoms with Gasteiger partial charge in [0.1, 0.15) is 0 Å². The normalized spacial score (nSPS) is 15.6. The molecule has 160 valence electrons. The molecule has 6 heteroatoms. The van der Waals surface area contributed by atoms with Crippen LogP contribution in [0.3, 0.4) is 0 Å². The minimum absolute atomic E-state index is 0.0758. The summed E-state index contributed by atoms with van der Waals surface area (Å²) in [7, 11) is 1.64. The van der Waals surface area contributed by atoms with Gasteiger partial charge in [-0.1, -0.05) is 42.5 Å². The zero-order chi connectivity index (χ0) is 21.2. The van der Waals surface area contributed by atoms with Gasteiger partial charge in [0.15, 0.2) is 5.96 Å². The second-order valence-corrected chi connectivity index (χ2v) is 7.66. The molecule has 3 rings (SSSR count). The number of nitrogens with one attached hydrogen (secondary N) is 3. The highest BCUT2D eigenvalue weighted by atomic mass is 16.1. The van der Waals surface area contributed by atoms with E-state index in [2.05, 4.69) is 58.1 Å². The molecule has 1 aliphatic heterocycles. The predicted molar refractivity (Wildman–Crippen MR) is 123 cm³/mol. The van der Waals surface area contributed by atoms with Crippen LogP contribution in [0.25, 0.3) is 0 Å². The standard InChI is InChI=1S/C24H33N5O/c1-3-26-24(27-17-20-10-7-11-21(16-20)23(30)25-2)28-22-12-14-29(15-13-22)18-19-8-5-4-6-9-19/h4-11,16,22H,3,12-15,17-18H2,1-2H3,(H,25,30)(H2,26,27,28). The monoisotopic (exact) mass is 407 g/mol. The average molecular weight is 408 g/mol. The smallest absolute Gasteiger partial charge is 0.251 e. The first-order valence-electron chi connectivity index (χ1n) is 10.8. The number of benzene rings is 2. The third-order valence-electron chi connectivity index (χ3n) is 5.36. The van der Waals surface area contributed by atoms with E-state index in [1.807, 2.05) is 24.3 Å². The van der Waals surface area contributed by atoms with Crippen LogP contribution in [0.15, 0.2) is 59.6 Å². The molecule has 0 radical (unpaired) electrons. The summed E-state index contributed by atoms with van der Waals surface area (Å²) in [4.78, 5) is 19.1. The lowest BCUT2D eigenvalue weighted by molar-refractivity contribution is 0.0963. The first-order chi connectivity index (χ1) is 14.7. The summed E-state index contributed by atoms with van der Waals surface area (Å²) in [6, 6.07) is 18.7. The SMILES string of the molecule is CCNC(=NCc1cccc(C(=O)NC)c1)NC1CCN(Cc2ccccc2)CC1. The molecule has 0 aromatic heterocycles. The van der Waals surface area contributed by atoms with Gasteiger partial charge in [0.05, 0.1) is 6.54 Å². The largest absolute Gasteiger partial charge is 0.357 e. The van der Waals surface area contributed by atoms with Crippen LogP contribution in [-0.4, -0.2) is 49.5 Å². The lowest BCUT2D eigenvalue weighted by Crippen LogP contribution is -2.48. The van der Waals surface area contributed by atoms with E-state index < -0.39 is 0 Å². The van der Waals surface area contributed by atoms with Crippen LogP contribution in [0.2, 0.25) is 0 Å². The molecule has 6 nitrogen and oxygen atoms in total. The van der Waals surface area contributed by atoms with E-state index in [4.69, 9.17) is 4.99 Å². The molecule has 2 aromatic rings. The molecule has 1 aliphatic rings. The van der Waals surface area contributed by atoms with Gasteiger partial charge in [-0.3, -0.25) is 9.69 Å². The number of piperidine rings is 1. The van der Waals surface area contributed by atoms with Crippen molar-refractivity contribution in [2.24, 2.45) is 4.99 Å². The Labute approximate surface area is 179 Å². The summed E-state index contributed by atoms with van der Waals surface area (Å²) < 4.78 is 0. The van der Waals surface area contributed by atoms with Gasteiger partial charge in [0.25, 0.3) is 5.91 Å². The molecule has 0 saturated carbocycles. The number of hydrogen-bond acceptors (Lipinski definition) is 3. The fourth-order valence-corrected chi connectivity index (χ4v) is 3.72. The van der Waals surface area contributed by atoms with Crippen LogP contribution in [0.1, 0.15) is 41.3 Å². The summed E-state index contributed by atoms with van der Waals surface area (Å²) in [5, 5.41) is 9.60. The van der Waals surface area contributed by atoms with Crippen molar-refractivity contribution in [1.82, 2.24) is 20.9 Å². The lowest BCUT2D eigenvalue weighted by atomic mass is 10.0. The van der Waals surface area contributed by atoms with Crippen LogP contribution >= 0.6 is 0 Å². The predicted octanol–water partition coefficient (Wildman–Crippen LogP) is 2.77. The maximum Gasteiger partial charge on any atom is 0.251 e. The zero-order valence-corrected chi connectivity index (χ0v) is 18.0. The number of hydrogen-bond donors (Lipinski definition) is 3. The number of amides is 1. The highest BCUT2D eigenvalue weighted by molar-refractivity contribution is 5.94. The van der Waals surface area contributed by atoms with E-state index in [0.29, 0.717) is 18.2 Å². The van der Waals surface area contributed by atoms with Gasteiger partial charge >= 0.3 is 0 Å². The molecule has 0 atom stereocenters. The van der Waals surface area contributed by atoms with Gasteiger partial charge < -0.3 is 16.0 Å². The number of guanidine groups is 1. The minimum atomic E-state index is -0.0758. The Kier molecular flexibility index (Phi) is 8.27. The van der Waals surface area contributed by atoms with Gasteiger partial charge in [-0.05, 0) is 43.0 Å². The quantitative estimate of drug-likeness (QED) is 0.488. The van der Waals surface area contributed by atoms with Crippen LogP contribution in [0, 0.1) is 0 Å². The van der Waals surface area contributed by atoms with Crippen LogP contribution in [-0.2, 0) is 13.1 Å². The molecular formula is C24H33N5O. The first-order valence-corrected chi connectivity index (χ1v) is 10.8. The number of carbonyl (C=O) groups excluding carboxylic acids is 1. The van der Waals surface area contributed by atoms with Crippen LogP contribution in [0.5, 0.6) is 0 Å². The molecule has 0 bridgehead atoms. The molecule has 1 heterocycles. The van der Waals surface area contributed by atoms with E-state index in [1.165, 1.54) is 5.56 Å². The molecule has 1 amide bonds. The summed E-state index contributed by atoms with van der Waals surface area (Å²) in [6.45, 7) is 6.61. The molecule has 1 fully saturated rings. The number of carbonyl (C=O) groups is 1. The lowest BCUT2D eigenvalue weighted by Gasteiger charge is -2.33. The Morgan fingerprint density at radius 2 is 1.80 bits per heavy atom. The third kappa shape index (κ3) is 6.59. The summed E-state index contributed by atoms with van der Waals surface area (Å²) in [5.74, 6) is 0.762. The van der Waals surface area contributed by atoms with E-state index >= 15 is 0 Å². The molecule has 0 unspecified atom stereocenters. The topological polar surface area (TPSA) is 68.8 Å². The van der Waals surface area contributed by atoms with Crippen molar-refractivity contribution in [3.05, 3.63) is 71.3 Å². The van der Waals surface area contributed by atoms with Crippen LogP contribution < -0.4 is 16.0 Å². The zero-order valence-electron chi connectivity index (χ0n) is 18.0. The molecule has 0 aliphatic carbocycles. The third-order valence-corrected chi connectivity index (χ3v) is 5.36. The summed E-state index contributed by atoms with van der Waals surface area (Å²) >= 11 is 0. The highest BCUT2D eigenvalue weighted by Gasteiger charge is 2.20. The van der Waals surface area contributed by atoms with Gasteiger partial charge in [-0.15, -0.1) is 0 Å². The summed E-state index contributed by atoms with van der Waals surface area (Å²) in [5.41, 5.74) is 3.05. The first kappa shape index (κ1) is 21.8. The minimum Gasteiger partial charge on any atom is -0.357 e. The fraction of sp³-hybridized carbons (Fsp3) is 0.417. The Bertz CT molecular complexity index is 828. The van der Waals surface area contributed by atoms with Gasteiger partial charge in [0.2, 0.25) is 0 Å². The van der Waals surface area contributed by atoms with Crippen LogP contribution in [0.4, 0.5) is 0 Å². The highest BCUT2D eigenvalue weighted by Crippen LogP contribution is 2.14. The van der Waals surface area contributed by atoms with Gasteiger partial charge in [-0.25, -0.2) is 4.99 Å².